The molecule has 0 radical (unpaired) electrons. The number of halogens is 1. The molecule has 3 heteroatoms. The van der Waals surface area contributed by atoms with Crippen molar-refractivity contribution in [3.63, 3.8) is 0 Å². The molecule has 88 valence electrons. The molecule has 2 rings (SSSR count). The van der Waals surface area contributed by atoms with Gasteiger partial charge in [-0.3, -0.25) is 4.90 Å². The molecule has 0 spiro atoms. The Balaban J connectivity index is 1.84. The van der Waals surface area contributed by atoms with Gasteiger partial charge in [0, 0.05) is 37.2 Å². The van der Waals surface area contributed by atoms with Crippen molar-refractivity contribution >= 4 is 11.6 Å². The van der Waals surface area contributed by atoms with E-state index in [1.54, 1.807) is 0 Å². The average Bonchev–Trinajstić information content (AvgIpc) is 2.30. The highest BCUT2D eigenvalue weighted by Gasteiger charge is 2.16. The summed E-state index contributed by atoms with van der Waals surface area (Å²) in [4.78, 5) is 2.55. The lowest BCUT2D eigenvalue weighted by Gasteiger charge is -2.33. The lowest BCUT2D eigenvalue weighted by molar-refractivity contribution is 0.176. The number of benzene rings is 1. The average molecular weight is 239 g/mol. The zero-order valence-electron chi connectivity index (χ0n) is 9.75. The van der Waals surface area contributed by atoms with Crippen LogP contribution in [0.3, 0.4) is 0 Å². The van der Waals surface area contributed by atoms with Crippen molar-refractivity contribution in [3.8, 4) is 0 Å². The van der Waals surface area contributed by atoms with Crippen LogP contribution in [0, 0.1) is 0 Å². The lowest BCUT2D eigenvalue weighted by Crippen LogP contribution is -2.50. The summed E-state index contributed by atoms with van der Waals surface area (Å²) in [7, 11) is 0. The first kappa shape index (κ1) is 11.9. The van der Waals surface area contributed by atoms with Crippen LogP contribution in [-0.4, -0.2) is 37.1 Å². The Labute approximate surface area is 103 Å². The van der Waals surface area contributed by atoms with Gasteiger partial charge in [-0.05, 0) is 31.0 Å². The Morgan fingerprint density at radius 3 is 2.81 bits per heavy atom. The van der Waals surface area contributed by atoms with Gasteiger partial charge in [0.1, 0.15) is 0 Å². The van der Waals surface area contributed by atoms with E-state index in [-0.39, 0.29) is 0 Å². The van der Waals surface area contributed by atoms with Gasteiger partial charge in [0.25, 0.3) is 0 Å². The highest BCUT2D eigenvalue weighted by atomic mass is 35.5. The van der Waals surface area contributed by atoms with E-state index < -0.39 is 0 Å². The largest absolute Gasteiger partial charge is 0.314 e. The van der Waals surface area contributed by atoms with Crippen molar-refractivity contribution in [1.82, 2.24) is 10.2 Å². The Morgan fingerprint density at radius 2 is 2.12 bits per heavy atom. The van der Waals surface area contributed by atoms with Gasteiger partial charge in [-0.25, -0.2) is 0 Å². The molecule has 1 aromatic carbocycles. The second kappa shape index (κ2) is 5.67. The molecule has 1 fully saturated rings. The van der Waals surface area contributed by atoms with Crippen LogP contribution in [0.15, 0.2) is 24.3 Å². The van der Waals surface area contributed by atoms with Crippen molar-refractivity contribution < 1.29 is 0 Å². The Morgan fingerprint density at radius 1 is 1.38 bits per heavy atom. The molecule has 0 aliphatic carbocycles. The van der Waals surface area contributed by atoms with E-state index >= 15 is 0 Å². The molecular weight excluding hydrogens is 220 g/mol. The predicted molar refractivity (Wildman–Crippen MR) is 69.1 cm³/mol. The second-order valence-corrected chi connectivity index (χ2v) is 4.90. The van der Waals surface area contributed by atoms with Crippen LogP contribution in [0.5, 0.6) is 0 Å². The van der Waals surface area contributed by atoms with E-state index in [0.29, 0.717) is 6.04 Å². The molecule has 1 heterocycles. The van der Waals surface area contributed by atoms with Crippen LogP contribution in [0.2, 0.25) is 5.02 Å². The van der Waals surface area contributed by atoms with Gasteiger partial charge < -0.3 is 5.32 Å². The van der Waals surface area contributed by atoms with Gasteiger partial charge >= 0.3 is 0 Å². The van der Waals surface area contributed by atoms with E-state index in [2.05, 4.69) is 29.3 Å². The third kappa shape index (κ3) is 3.21. The molecular formula is C13H19ClN2. The first-order valence-corrected chi connectivity index (χ1v) is 6.33. The number of nitrogens with one attached hydrogen (secondary N) is 1. The number of hydrogen-bond acceptors (Lipinski definition) is 2. The van der Waals surface area contributed by atoms with Crippen LogP contribution in [0.4, 0.5) is 0 Å². The molecule has 1 saturated heterocycles. The van der Waals surface area contributed by atoms with Crippen LogP contribution in [-0.2, 0) is 6.42 Å². The fourth-order valence-corrected chi connectivity index (χ4v) is 2.27. The first-order chi connectivity index (χ1) is 7.75. The van der Waals surface area contributed by atoms with E-state index in [1.807, 2.05) is 12.1 Å². The van der Waals surface area contributed by atoms with Gasteiger partial charge in [0.15, 0.2) is 0 Å². The highest BCUT2D eigenvalue weighted by Crippen LogP contribution is 2.11. The third-order valence-electron chi connectivity index (χ3n) is 3.24. The van der Waals surface area contributed by atoms with Gasteiger partial charge in [0.2, 0.25) is 0 Å². The number of rotatable bonds is 3. The zero-order chi connectivity index (χ0) is 11.4. The Bertz CT molecular complexity index is 323. The molecule has 0 amide bonds. The summed E-state index contributed by atoms with van der Waals surface area (Å²) in [6, 6.07) is 8.83. The molecule has 2 nitrogen and oxygen atoms in total. The van der Waals surface area contributed by atoms with E-state index in [9.17, 15) is 0 Å². The summed E-state index contributed by atoms with van der Waals surface area (Å²) < 4.78 is 0. The summed E-state index contributed by atoms with van der Waals surface area (Å²) >= 11 is 5.87. The number of piperazine rings is 1. The van der Waals surface area contributed by atoms with Crippen LogP contribution < -0.4 is 5.32 Å². The van der Waals surface area contributed by atoms with Crippen molar-refractivity contribution in [2.24, 2.45) is 0 Å². The Hall–Kier alpha value is -0.570. The van der Waals surface area contributed by atoms with Crippen molar-refractivity contribution in [3.05, 3.63) is 34.9 Å². The summed E-state index contributed by atoms with van der Waals surface area (Å²) in [5, 5.41) is 4.23. The maximum atomic E-state index is 5.87. The molecule has 1 atom stereocenters. The van der Waals surface area contributed by atoms with Gasteiger partial charge in [0.05, 0.1) is 0 Å². The molecule has 0 aromatic heterocycles. The summed E-state index contributed by atoms with van der Waals surface area (Å²) in [6.45, 7) is 6.82. The molecule has 1 aliphatic rings. The molecule has 1 unspecified atom stereocenters. The van der Waals surface area contributed by atoms with Gasteiger partial charge in [-0.1, -0.05) is 23.7 Å². The van der Waals surface area contributed by atoms with Crippen LogP contribution in [0.25, 0.3) is 0 Å². The first-order valence-electron chi connectivity index (χ1n) is 5.95. The number of nitrogens with zero attached hydrogens (tertiary/aromatic N) is 1. The van der Waals surface area contributed by atoms with Crippen molar-refractivity contribution in [2.75, 3.05) is 26.2 Å². The molecule has 1 aromatic rings. The van der Waals surface area contributed by atoms with E-state index in [0.717, 1.165) is 37.6 Å². The quantitative estimate of drug-likeness (QED) is 0.869. The standard InChI is InChI=1S/C13H19ClN2/c1-11-10-15-7-9-16(11)8-6-12-2-4-13(14)5-3-12/h2-5,11,15H,6-10H2,1H3. The molecule has 1 aliphatic heterocycles. The van der Waals surface area contributed by atoms with Gasteiger partial charge in [-0.2, -0.15) is 0 Å². The Kier molecular flexibility index (Phi) is 4.22. The predicted octanol–water partition coefficient (Wildman–Crippen LogP) is 2.18. The molecule has 0 saturated carbocycles. The minimum atomic E-state index is 0.654. The molecule has 1 N–H and O–H groups in total. The minimum absolute atomic E-state index is 0.654. The molecule has 0 bridgehead atoms. The molecule has 16 heavy (non-hydrogen) atoms. The fraction of sp³-hybridized carbons (Fsp3) is 0.538. The van der Waals surface area contributed by atoms with Gasteiger partial charge in [-0.15, -0.1) is 0 Å². The lowest BCUT2D eigenvalue weighted by atomic mass is 10.1. The maximum Gasteiger partial charge on any atom is 0.0406 e. The maximum absolute atomic E-state index is 5.87. The van der Waals surface area contributed by atoms with Crippen molar-refractivity contribution in [1.29, 1.82) is 0 Å². The second-order valence-electron chi connectivity index (χ2n) is 4.47. The van der Waals surface area contributed by atoms with Crippen molar-refractivity contribution in [2.45, 2.75) is 19.4 Å². The SMILES string of the molecule is CC1CNCCN1CCc1ccc(Cl)cc1. The topological polar surface area (TPSA) is 15.3 Å². The highest BCUT2D eigenvalue weighted by molar-refractivity contribution is 6.30. The normalized spacial score (nSPS) is 22.2. The van der Waals surface area contributed by atoms with E-state index in [4.69, 9.17) is 11.6 Å². The van der Waals surface area contributed by atoms with Crippen LogP contribution in [0.1, 0.15) is 12.5 Å². The third-order valence-corrected chi connectivity index (χ3v) is 3.49. The summed E-state index contributed by atoms with van der Waals surface area (Å²) in [6.07, 6.45) is 1.11. The fourth-order valence-electron chi connectivity index (χ4n) is 2.14. The minimum Gasteiger partial charge on any atom is -0.314 e. The smallest absolute Gasteiger partial charge is 0.0406 e. The summed E-state index contributed by atoms with van der Waals surface area (Å²) in [5.74, 6) is 0. The van der Waals surface area contributed by atoms with E-state index in [1.165, 1.54) is 5.56 Å². The summed E-state index contributed by atoms with van der Waals surface area (Å²) in [5.41, 5.74) is 1.37. The van der Waals surface area contributed by atoms with Crippen LogP contribution >= 0.6 is 11.6 Å². The number of hydrogen-bond donors (Lipinski definition) is 1. The zero-order valence-corrected chi connectivity index (χ0v) is 10.5. The monoisotopic (exact) mass is 238 g/mol.